The van der Waals surface area contributed by atoms with Gasteiger partial charge >= 0.3 is 0 Å². The highest BCUT2D eigenvalue weighted by Gasteiger charge is 2.19. The van der Waals surface area contributed by atoms with Crippen LogP contribution < -0.4 is 5.32 Å². The molecule has 1 fully saturated rings. The van der Waals surface area contributed by atoms with Crippen molar-refractivity contribution in [1.29, 1.82) is 0 Å². The molecule has 0 spiro atoms. The predicted octanol–water partition coefficient (Wildman–Crippen LogP) is 2.04. The molecule has 0 amide bonds. The van der Waals surface area contributed by atoms with E-state index in [0.29, 0.717) is 12.1 Å². The molecule has 17 heavy (non-hydrogen) atoms. The Labute approximate surface area is 108 Å². The molecule has 2 atom stereocenters. The number of hydrogen-bond acceptors (Lipinski definition) is 4. The molecule has 2 heterocycles. The number of rotatable bonds is 4. The number of nitrogens with zero attached hydrogens (tertiary/aromatic N) is 1. The predicted molar refractivity (Wildman–Crippen MR) is 72.7 cm³/mol. The van der Waals surface area contributed by atoms with Crippen LogP contribution in [-0.4, -0.2) is 44.3 Å². The first kappa shape index (κ1) is 13.0. The summed E-state index contributed by atoms with van der Waals surface area (Å²) in [6.07, 6.45) is 0.331. The lowest BCUT2D eigenvalue weighted by Crippen LogP contribution is -2.44. The third-order valence-electron chi connectivity index (χ3n) is 3.33. The van der Waals surface area contributed by atoms with Crippen LogP contribution in [0.25, 0.3) is 0 Å². The molecule has 1 aromatic heterocycles. The molecule has 3 nitrogen and oxygen atoms in total. The lowest BCUT2D eigenvalue weighted by atomic mass is 10.2. The maximum absolute atomic E-state index is 5.74. The fourth-order valence-corrected chi connectivity index (χ4v) is 3.11. The summed E-state index contributed by atoms with van der Waals surface area (Å²) in [5, 5.41) is 3.37. The van der Waals surface area contributed by atoms with E-state index in [1.807, 2.05) is 11.3 Å². The number of nitrogens with one attached hydrogen (secondary N) is 1. The van der Waals surface area contributed by atoms with Crippen LogP contribution in [0.3, 0.4) is 0 Å². The van der Waals surface area contributed by atoms with Crippen molar-refractivity contribution >= 4 is 11.3 Å². The fourth-order valence-electron chi connectivity index (χ4n) is 2.11. The van der Waals surface area contributed by atoms with E-state index >= 15 is 0 Å². The van der Waals surface area contributed by atoms with Gasteiger partial charge in [-0.05, 0) is 33.0 Å². The summed E-state index contributed by atoms with van der Waals surface area (Å²) in [7, 11) is 2.18. The molecule has 0 aromatic carbocycles. The van der Waals surface area contributed by atoms with Crippen molar-refractivity contribution in [2.24, 2.45) is 0 Å². The maximum atomic E-state index is 5.74. The van der Waals surface area contributed by atoms with Gasteiger partial charge in [0.2, 0.25) is 0 Å². The molecule has 96 valence electrons. The van der Waals surface area contributed by atoms with Crippen LogP contribution >= 0.6 is 11.3 Å². The number of ether oxygens (including phenoxy) is 1. The van der Waals surface area contributed by atoms with Crippen LogP contribution in [0.15, 0.2) is 12.1 Å². The minimum Gasteiger partial charge on any atom is -0.374 e. The van der Waals surface area contributed by atoms with Crippen LogP contribution in [0.4, 0.5) is 0 Å². The quantitative estimate of drug-likeness (QED) is 0.890. The highest BCUT2D eigenvalue weighted by molar-refractivity contribution is 7.12. The first-order valence-corrected chi connectivity index (χ1v) is 7.07. The van der Waals surface area contributed by atoms with E-state index < -0.39 is 0 Å². The minimum atomic E-state index is 0.331. The fraction of sp³-hybridized carbons (Fsp3) is 0.692. The zero-order valence-corrected chi connectivity index (χ0v) is 11.7. The molecular formula is C13H22N2OS. The molecule has 2 unspecified atom stereocenters. The molecular weight excluding hydrogens is 232 g/mol. The van der Waals surface area contributed by atoms with Gasteiger partial charge in [0.1, 0.15) is 0 Å². The molecule has 1 aliphatic rings. The monoisotopic (exact) mass is 254 g/mol. The Bertz CT molecular complexity index is 347. The van der Waals surface area contributed by atoms with Gasteiger partial charge in [0.05, 0.1) is 12.7 Å². The van der Waals surface area contributed by atoms with Gasteiger partial charge in [0.25, 0.3) is 0 Å². The Hall–Kier alpha value is -0.420. The first-order chi connectivity index (χ1) is 8.16. The van der Waals surface area contributed by atoms with Gasteiger partial charge in [0.15, 0.2) is 0 Å². The van der Waals surface area contributed by atoms with Crippen molar-refractivity contribution in [3.8, 4) is 0 Å². The van der Waals surface area contributed by atoms with Gasteiger partial charge in [0, 0.05) is 35.4 Å². The third-order valence-corrected chi connectivity index (χ3v) is 4.50. The zero-order valence-electron chi connectivity index (χ0n) is 10.9. The summed E-state index contributed by atoms with van der Waals surface area (Å²) in [4.78, 5) is 5.20. The molecule has 0 saturated carbocycles. The molecule has 2 rings (SSSR count). The summed E-state index contributed by atoms with van der Waals surface area (Å²) in [5.41, 5.74) is 0. The topological polar surface area (TPSA) is 24.5 Å². The van der Waals surface area contributed by atoms with Gasteiger partial charge in [-0.1, -0.05) is 0 Å². The van der Waals surface area contributed by atoms with Crippen LogP contribution in [0.1, 0.15) is 22.7 Å². The molecule has 0 radical (unpaired) electrons. The van der Waals surface area contributed by atoms with Gasteiger partial charge in [-0.25, -0.2) is 0 Å². The van der Waals surface area contributed by atoms with Crippen molar-refractivity contribution in [1.82, 2.24) is 10.2 Å². The lowest BCUT2D eigenvalue weighted by Gasteiger charge is -2.31. The number of hydrogen-bond donors (Lipinski definition) is 1. The van der Waals surface area contributed by atoms with Crippen molar-refractivity contribution in [2.45, 2.75) is 26.0 Å². The molecule has 0 bridgehead atoms. The molecule has 1 N–H and O–H groups in total. The largest absolute Gasteiger partial charge is 0.374 e. The summed E-state index contributed by atoms with van der Waals surface area (Å²) in [5.74, 6) is 0. The van der Waals surface area contributed by atoms with Crippen LogP contribution in [0.5, 0.6) is 0 Å². The number of morpholine rings is 1. The molecule has 4 heteroatoms. The van der Waals surface area contributed by atoms with Crippen LogP contribution in [0, 0.1) is 6.92 Å². The molecule has 1 aliphatic heterocycles. The van der Waals surface area contributed by atoms with Crippen molar-refractivity contribution in [2.75, 3.05) is 33.3 Å². The Morgan fingerprint density at radius 1 is 1.59 bits per heavy atom. The van der Waals surface area contributed by atoms with Crippen molar-refractivity contribution in [3.63, 3.8) is 0 Å². The Morgan fingerprint density at radius 2 is 2.41 bits per heavy atom. The van der Waals surface area contributed by atoms with E-state index in [4.69, 9.17) is 4.74 Å². The SMILES string of the molecule is Cc1ccc(C(C)N(C)CC2CNCCO2)s1. The average Bonchev–Trinajstić information content (AvgIpc) is 2.76. The van der Waals surface area contributed by atoms with E-state index in [1.165, 1.54) is 9.75 Å². The Kier molecular flexibility index (Phi) is 4.56. The van der Waals surface area contributed by atoms with E-state index in [9.17, 15) is 0 Å². The van der Waals surface area contributed by atoms with E-state index in [-0.39, 0.29) is 0 Å². The molecule has 1 saturated heterocycles. The average molecular weight is 254 g/mol. The zero-order chi connectivity index (χ0) is 12.3. The van der Waals surface area contributed by atoms with E-state index in [2.05, 4.69) is 43.2 Å². The highest BCUT2D eigenvalue weighted by Crippen LogP contribution is 2.26. The number of aryl methyl sites for hydroxylation is 1. The van der Waals surface area contributed by atoms with Gasteiger partial charge < -0.3 is 10.1 Å². The first-order valence-electron chi connectivity index (χ1n) is 6.25. The van der Waals surface area contributed by atoms with Gasteiger partial charge in [-0.2, -0.15) is 0 Å². The van der Waals surface area contributed by atoms with E-state index in [0.717, 1.165) is 26.2 Å². The minimum absolute atomic E-state index is 0.331. The van der Waals surface area contributed by atoms with Gasteiger partial charge in [-0.3, -0.25) is 4.90 Å². The number of thiophene rings is 1. The summed E-state index contributed by atoms with van der Waals surface area (Å²) < 4.78 is 5.74. The smallest absolute Gasteiger partial charge is 0.0826 e. The lowest BCUT2D eigenvalue weighted by molar-refractivity contribution is 0.00417. The van der Waals surface area contributed by atoms with Gasteiger partial charge in [-0.15, -0.1) is 11.3 Å². The van der Waals surface area contributed by atoms with E-state index in [1.54, 1.807) is 0 Å². The summed E-state index contributed by atoms with van der Waals surface area (Å²) in [6, 6.07) is 4.91. The normalized spacial score (nSPS) is 22.9. The maximum Gasteiger partial charge on any atom is 0.0826 e. The Morgan fingerprint density at radius 3 is 3.00 bits per heavy atom. The second-order valence-corrected chi connectivity index (χ2v) is 6.08. The van der Waals surface area contributed by atoms with Crippen LogP contribution in [-0.2, 0) is 4.74 Å². The summed E-state index contributed by atoms with van der Waals surface area (Å²) in [6.45, 7) is 8.22. The molecule has 0 aliphatic carbocycles. The summed E-state index contributed by atoms with van der Waals surface area (Å²) >= 11 is 1.89. The standard InChI is InChI=1S/C13H22N2OS/c1-10-4-5-13(17-10)11(2)15(3)9-12-8-14-6-7-16-12/h4-5,11-12,14H,6-9H2,1-3H3. The van der Waals surface area contributed by atoms with Crippen LogP contribution in [0.2, 0.25) is 0 Å². The number of likely N-dealkylation sites (N-methyl/N-ethyl adjacent to an activating group) is 1. The Balaban J connectivity index is 1.88. The third kappa shape index (κ3) is 3.52. The molecule has 1 aromatic rings. The second kappa shape index (κ2) is 5.96. The highest BCUT2D eigenvalue weighted by atomic mass is 32.1. The van der Waals surface area contributed by atoms with Crippen molar-refractivity contribution in [3.05, 3.63) is 21.9 Å². The second-order valence-electron chi connectivity index (χ2n) is 4.76. The van der Waals surface area contributed by atoms with Crippen molar-refractivity contribution < 1.29 is 4.74 Å².